The van der Waals surface area contributed by atoms with Crippen LogP contribution in [-0.4, -0.2) is 74.6 Å². The molecule has 1 aliphatic heterocycles. The van der Waals surface area contributed by atoms with Gasteiger partial charge in [0.2, 0.25) is 0 Å². The van der Waals surface area contributed by atoms with E-state index >= 15 is 0 Å². The van der Waals surface area contributed by atoms with Gasteiger partial charge in [-0.15, -0.1) is 6.58 Å². The van der Waals surface area contributed by atoms with E-state index in [1.165, 1.54) is 18.7 Å². The number of hydrogen-bond donors (Lipinski definition) is 1. The van der Waals surface area contributed by atoms with E-state index in [-0.39, 0.29) is 27.7 Å². The van der Waals surface area contributed by atoms with Crippen molar-refractivity contribution in [3.63, 3.8) is 0 Å². The molecule has 0 amide bonds. The average Bonchev–Trinajstić information content (AvgIpc) is 3.00. The van der Waals surface area contributed by atoms with Crippen LogP contribution in [0.3, 0.4) is 0 Å². The van der Waals surface area contributed by atoms with Gasteiger partial charge < -0.3 is 23.7 Å². The van der Waals surface area contributed by atoms with Crippen LogP contribution >= 0.6 is 11.8 Å². The van der Waals surface area contributed by atoms with Gasteiger partial charge in [0, 0.05) is 46.1 Å². The zero-order valence-corrected chi connectivity index (χ0v) is 37.7. The number of esters is 1. The largest absolute Gasteiger partial charge is 0.462 e. The summed E-state index contributed by atoms with van der Waals surface area (Å²) >= 11 is 1.33. The Balaban J connectivity index is 2.14. The fourth-order valence-corrected chi connectivity index (χ4v) is 15.3. The summed E-state index contributed by atoms with van der Waals surface area (Å²) in [5.74, 6) is -1.70. The molecule has 0 aliphatic carbocycles. The van der Waals surface area contributed by atoms with Crippen LogP contribution in [0.4, 0.5) is 0 Å². The Morgan fingerprint density at radius 2 is 1.49 bits per heavy atom. The summed E-state index contributed by atoms with van der Waals surface area (Å²) in [6.45, 7) is 29.4. The minimum Gasteiger partial charge on any atom is -0.462 e. The van der Waals surface area contributed by atoms with Crippen molar-refractivity contribution < 1.29 is 33.3 Å². The molecule has 5 atom stereocenters. The van der Waals surface area contributed by atoms with E-state index in [0.717, 1.165) is 22.0 Å². The SMILES string of the molecule is C=C(C[C@H](O)C[C@]1(OC)O[C@H](C[C@H](CC(=O)SC(C)(C)C)O[Si](c2ccccc2)(c2ccccc2)C(C)(C)C)C[C@H](OC(C)=O)C1(C)C)C[Si](C)(C)C. The van der Waals surface area contributed by atoms with Crippen LogP contribution in [0.5, 0.6) is 0 Å². The van der Waals surface area contributed by atoms with E-state index < -0.39 is 58.0 Å². The van der Waals surface area contributed by atoms with Crippen molar-refractivity contribution in [2.75, 3.05) is 7.11 Å². The molecule has 1 aliphatic rings. The fourth-order valence-electron chi connectivity index (χ4n) is 8.01. The Hall–Kier alpha value is -2.06. The lowest BCUT2D eigenvalue weighted by Gasteiger charge is -2.55. The molecule has 2 aromatic rings. The maximum absolute atomic E-state index is 13.9. The number of carbonyl (C=O) groups is 2. The molecule has 0 aromatic heterocycles. The van der Waals surface area contributed by atoms with Crippen molar-refractivity contribution in [3.8, 4) is 0 Å². The Kier molecular flexibility index (Phi) is 15.2. The average molecular weight is 785 g/mol. The third-order valence-corrected chi connectivity index (χ3v) is 17.8. The molecule has 1 heterocycles. The van der Waals surface area contributed by atoms with Crippen LogP contribution < -0.4 is 10.4 Å². The molecule has 10 heteroatoms. The molecule has 296 valence electrons. The van der Waals surface area contributed by atoms with Gasteiger partial charge in [0.15, 0.2) is 10.9 Å². The highest BCUT2D eigenvalue weighted by Gasteiger charge is 2.59. The predicted octanol–water partition coefficient (Wildman–Crippen LogP) is 8.90. The molecule has 2 aromatic carbocycles. The van der Waals surface area contributed by atoms with Crippen molar-refractivity contribution >= 4 is 49.6 Å². The van der Waals surface area contributed by atoms with Crippen LogP contribution in [0.2, 0.25) is 30.7 Å². The first-order chi connectivity index (χ1) is 24.3. The van der Waals surface area contributed by atoms with Gasteiger partial charge in [0.05, 0.1) is 23.7 Å². The topological polar surface area (TPSA) is 91.3 Å². The van der Waals surface area contributed by atoms with Crippen LogP contribution in [0.15, 0.2) is 72.8 Å². The molecule has 1 N–H and O–H groups in total. The first-order valence-corrected chi connectivity index (χ1v) is 25.5. The number of aliphatic hydroxyl groups is 1. The van der Waals surface area contributed by atoms with Gasteiger partial charge in [-0.2, -0.15) is 0 Å². The third-order valence-electron chi connectivity index (χ3n) is 10.2. The Morgan fingerprint density at radius 3 is 1.92 bits per heavy atom. The number of benzene rings is 2. The second-order valence-electron chi connectivity index (χ2n) is 18.7. The molecule has 0 radical (unpaired) electrons. The zero-order chi connectivity index (χ0) is 40.0. The van der Waals surface area contributed by atoms with Crippen LogP contribution in [0.1, 0.15) is 94.4 Å². The number of hydrogen-bond acceptors (Lipinski definition) is 8. The van der Waals surface area contributed by atoms with Gasteiger partial charge in [-0.25, -0.2) is 0 Å². The molecule has 0 bridgehead atoms. The second kappa shape index (κ2) is 17.8. The van der Waals surface area contributed by atoms with Gasteiger partial charge in [0.1, 0.15) is 6.10 Å². The molecule has 0 unspecified atom stereocenters. The molecular weight excluding hydrogens is 717 g/mol. The lowest BCUT2D eigenvalue weighted by molar-refractivity contribution is -0.356. The van der Waals surface area contributed by atoms with Crippen molar-refractivity contribution in [2.45, 2.75) is 160 Å². The van der Waals surface area contributed by atoms with Crippen LogP contribution in [-0.2, 0) is 28.2 Å². The first-order valence-electron chi connectivity index (χ1n) is 19.1. The predicted molar refractivity (Wildman–Crippen MR) is 225 cm³/mol. The van der Waals surface area contributed by atoms with E-state index in [1.807, 2.05) is 46.8 Å². The zero-order valence-electron chi connectivity index (χ0n) is 34.8. The Labute approximate surface area is 327 Å². The highest BCUT2D eigenvalue weighted by molar-refractivity contribution is 8.14. The molecule has 1 fully saturated rings. The third kappa shape index (κ3) is 12.0. The van der Waals surface area contributed by atoms with Crippen molar-refractivity contribution in [3.05, 3.63) is 72.8 Å². The Bertz CT molecular complexity index is 1470. The van der Waals surface area contributed by atoms with Gasteiger partial charge in [-0.05, 0) is 34.3 Å². The second-order valence-corrected chi connectivity index (χ2v) is 30.3. The fraction of sp³-hybridized carbons (Fsp3) is 0.628. The molecule has 7 nitrogen and oxygen atoms in total. The summed E-state index contributed by atoms with van der Waals surface area (Å²) in [5, 5.41) is 13.5. The normalized spacial score (nSPS) is 22.2. The molecular formula is C43H68O7SSi2. The van der Waals surface area contributed by atoms with Gasteiger partial charge in [-0.3, -0.25) is 9.59 Å². The first kappa shape index (κ1) is 45.3. The van der Waals surface area contributed by atoms with E-state index in [1.54, 1.807) is 7.11 Å². The van der Waals surface area contributed by atoms with E-state index in [0.29, 0.717) is 19.3 Å². The number of aliphatic hydroxyl groups excluding tert-OH is 1. The van der Waals surface area contributed by atoms with Gasteiger partial charge >= 0.3 is 5.97 Å². The van der Waals surface area contributed by atoms with Crippen molar-refractivity contribution in [1.82, 2.24) is 0 Å². The maximum Gasteiger partial charge on any atom is 0.302 e. The summed E-state index contributed by atoms with van der Waals surface area (Å²) in [7, 11) is -2.92. The quantitative estimate of drug-likeness (QED) is 0.103. The summed E-state index contributed by atoms with van der Waals surface area (Å²) in [4.78, 5) is 26.5. The number of carbonyl (C=O) groups excluding carboxylic acids is 2. The molecule has 1 saturated heterocycles. The molecule has 3 rings (SSSR count). The maximum atomic E-state index is 13.9. The molecule has 0 saturated carbocycles. The highest BCUT2D eigenvalue weighted by Crippen LogP contribution is 2.50. The summed E-state index contributed by atoms with van der Waals surface area (Å²) < 4.78 is 26.8. The highest BCUT2D eigenvalue weighted by atomic mass is 32.2. The summed E-state index contributed by atoms with van der Waals surface area (Å²) in [6, 6.07) is 21.8. The number of ether oxygens (including phenoxy) is 3. The van der Waals surface area contributed by atoms with Gasteiger partial charge in [-0.1, -0.05) is 153 Å². The van der Waals surface area contributed by atoms with Crippen molar-refractivity contribution in [1.29, 1.82) is 0 Å². The minimum atomic E-state index is -3.08. The smallest absolute Gasteiger partial charge is 0.302 e. The van der Waals surface area contributed by atoms with Crippen LogP contribution in [0, 0.1) is 5.41 Å². The number of thioether (sulfide) groups is 1. The van der Waals surface area contributed by atoms with Crippen LogP contribution in [0.25, 0.3) is 0 Å². The lowest BCUT2D eigenvalue weighted by Crippen LogP contribution is -2.68. The van der Waals surface area contributed by atoms with Gasteiger partial charge in [0.25, 0.3) is 8.32 Å². The molecule has 53 heavy (non-hydrogen) atoms. The van der Waals surface area contributed by atoms with E-state index in [2.05, 4.69) is 95.5 Å². The minimum absolute atomic E-state index is 0.0439. The monoisotopic (exact) mass is 784 g/mol. The standard InChI is InChI=1S/C43H68O7SSi2/c1-31(30-52(12,13)14)25-33(45)29-43(47-11)42(9,10)38(48-32(2)44)27-34(49-43)26-35(28-39(46)51-40(3,4)5)50-53(41(6,7)8,36-21-17-15-18-22-36)37-23-19-16-20-24-37/h15-24,33-35,38,45H,1,25-30H2,2-14H3/t33-,34+,35+,38-,43-/m0/s1. The lowest BCUT2D eigenvalue weighted by atomic mass is 9.70. The van der Waals surface area contributed by atoms with E-state index in [9.17, 15) is 14.7 Å². The summed E-state index contributed by atoms with van der Waals surface area (Å²) in [6.07, 6.45) is -0.912. The van der Waals surface area contributed by atoms with Crippen molar-refractivity contribution in [2.24, 2.45) is 5.41 Å². The summed E-state index contributed by atoms with van der Waals surface area (Å²) in [5.41, 5.74) is 0.190. The molecule has 0 spiro atoms. The number of rotatable bonds is 16. The van der Waals surface area contributed by atoms with E-state index in [4.69, 9.17) is 18.6 Å². The Morgan fingerprint density at radius 1 is 0.962 bits per heavy atom. The number of methoxy groups -OCH3 is 1.